The van der Waals surface area contributed by atoms with Crippen LogP contribution in [-0.4, -0.2) is 38.9 Å². The fraction of sp³-hybridized carbons (Fsp3) is 0.333. The summed E-state index contributed by atoms with van der Waals surface area (Å²) in [6, 6.07) is 7.07. The Kier molecular flexibility index (Phi) is 5.19. The van der Waals surface area contributed by atoms with Crippen LogP contribution in [0.4, 0.5) is 4.39 Å². The van der Waals surface area contributed by atoms with E-state index in [1.807, 2.05) is 0 Å². The van der Waals surface area contributed by atoms with E-state index in [-0.39, 0.29) is 31.1 Å². The van der Waals surface area contributed by atoms with Crippen molar-refractivity contribution in [2.75, 3.05) is 6.54 Å². The van der Waals surface area contributed by atoms with E-state index in [2.05, 4.69) is 11.1 Å². The number of nitrogens with zero attached hydrogens (tertiary/aromatic N) is 4. The van der Waals surface area contributed by atoms with Crippen molar-refractivity contribution >= 4 is 11.8 Å². The highest BCUT2D eigenvalue weighted by atomic mass is 19.1. The minimum Gasteiger partial charge on any atom is -0.370 e. The van der Waals surface area contributed by atoms with Crippen molar-refractivity contribution in [2.45, 2.75) is 32.0 Å². The molecule has 9 heteroatoms. The Morgan fingerprint density at radius 2 is 2.00 bits per heavy atom. The molecular weight excluding hydrogens is 351 g/mol. The summed E-state index contributed by atoms with van der Waals surface area (Å²) in [7, 11) is 0. The van der Waals surface area contributed by atoms with Crippen molar-refractivity contribution in [2.24, 2.45) is 11.5 Å². The third kappa shape index (κ3) is 3.80. The first-order valence-corrected chi connectivity index (χ1v) is 8.48. The topological polar surface area (TPSA) is 131 Å². The number of aromatic nitrogens is 2. The number of primary amides is 1. The molecule has 0 aliphatic carbocycles. The van der Waals surface area contributed by atoms with Crippen molar-refractivity contribution in [3.05, 3.63) is 41.6 Å². The van der Waals surface area contributed by atoms with E-state index in [0.29, 0.717) is 35.9 Å². The summed E-state index contributed by atoms with van der Waals surface area (Å²) in [5.41, 5.74) is 12.4. The molecule has 0 unspecified atom stereocenters. The van der Waals surface area contributed by atoms with Gasteiger partial charge in [0.15, 0.2) is 0 Å². The molecule has 1 atom stereocenters. The minimum atomic E-state index is -0.814. The summed E-state index contributed by atoms with van der Waals surface area (Å²) in [6.45, 7) is 0.990. The van der Waals surface area contributed by atoms with Gasteiger partial charge in [0, 0.05) is 25.1 Å². The number of benzene rings is 1. The summed E-state index contributed by atoms with van der Waals surface area (Å²) in [6.07, 6.45) is 0.228. The smallest absolute Gasteiger partial charge is 0.239 e. The molecule has 0 saturated heterocycles. The van der Waals surface area contributed by atoms with Gasteiger partial charge < -0.3 is 20.9 Å². The molecule has 27 heavy (non-hydrogen) atoms. The molecule has 3 rings (SSSR count). The number of nitriles is 1. The monoisotopic (exact) mass is 370 g/mol. The summed E-state index contributed by atoms with van der Waals surface area (Å²) in [5, 5.41) is 9.54. The van der Waals surface area contributed by atoms with Crippen molar-refractivity contribution < 1.29 is 14.0 Å². The third-order valence-corrected chi connectivity index (χ3v) is 4.53. The zero-order valence-electron chi connectivity index (χ0n) is 14.6. The van der Waals surface area contributed by atoms with E-state index >= 15 is 0 Å². The highest BCUT2D eigenvalue weighted by molar-refractivity contribution is 5.83. The molecule has 1 aliphatic heterocycles. The second-order valence-corrected chi connectivity index (χ2v) is 6.37. The van der Waals surface area contributed by atoms with E-state index in [0.717, 1.165) is 0 Å². The minimum absolute atomic E-state index is 0.0443. The maximum atomic E-state index is 13.2. The second kappa shape index (κ2) is 7.55. The van der Waals surface area contributed by atoms with E-state index in [1.54, 1.807) is 21.6 Å². The van der Waals surface area contributed by atoms with Gasteiger partial charge in [0.25, 0.3) is 0 Å². The molecule has 0 bridgehead atoms. The number of carbonyl (C=O) groups is 2. The van der Waals surface area contributed by atoms with Gasteiger partial charge in [-0.15, -0.1) is 0 Å². The molecule has 1 aromatic carbocycles. The van der Waals surface area contributed by atoms with Crippen molar-refractivity contribution in [3.8, 4) is 17.3 Å². The Bertz CT molecular complexity index is 915. The maximum absolute atomic E-state index is 13.2. The van der Waals surface area contributed by atoms with E-state index in [9.17, 15) is 19.2 Å². The average molecular weight is 370 g/mol. The average Bonchev–Trinajstić information content (AvgIpc) is 3.03. The Morgan fingerprint density at radius 1 is 1.30 bits per heavy atom. The molecule has 0 radical (unpaired) electrons. The molecule has 2 aromatic rings. The zero-order chi connectivity index (χ0) is 19.6. The largest absolute Gasteiger partial charge is 0.370 e. The zero-order valence-corrected chi connectivity index (χ0v) is 14.6. The molecule has 2 heterocycles. The van der Waals surface area contributed by atoms with Crippen LogP contribution in [0, 0.1) is 17.1 Å². The summed E-state index contributed by atoms with van der Waals surface area (Å²) >= 11 is 0. The van der Waals surface area contributed by atoms with Gasteiger partial charge >= 0.3 is 0 Å². The van der Waals surface area contributed by atoms with Gasteiger partial charge in [0.2, 0.25) is 11.8 Å². The fourth-order valence-electron chi connectivity index (χ4n) is 3.10. The number of fused-ring (bicyclic) bond motifs is 1. The lowest BCUT2D eigenvalue weighted by atomic mass is 10.1. The van der Waals surface area contributed by atoms with Crippen LogP contribution in [0.3, 0.4) is 0 Å². The normalized spacial score (nSPS) is 14.3. The summed E-state index contributed by atoms with van der Waals surface area (Å²) in [5.74, 6) is -0.599. The summed E-state index contributed by atoms with van der Waals surface area (Å²) in [4.78, 5) is 29.4. The van der Waals surface area contributed by atoms with E-state index in [4.69, 9.17) is 11.5 Å². The van der Waals surface area contributed by atoms with Crippen LogP contribution in [0.15, 0.2) is 24.3 Å². The Balaban J connectivity index is 1.82. The fourth-order valence-corrected chi connectivity index (χ4v) is 3.10. The Labute approximate surface area is 155 Å². The number of rotatable bonds is 5. The highest BCUT2D eigenvalue weighted by Gasteiger charge is 2.29. The second-order valence-electron chi connectivity index (χ2n) is 6.37. The molecule has 1 aromatic heterocycles. The van der Waals surface area contributed by atoms with Gasteiger partial charge in [-0.05, 0) is 30.7 Å². The van der Waals surface area contributed by atoms with Crippen molar-refractivity contribution in [3.63, 3.8) is 0 Å². The number of nitrogens with two attached hydrogens (primary N) is 2. The molecule has 4 N–H and O–H groups in total. The van der Waals surface area contributed by atoms with E-state index in [1.165, 1.54) is 12.1 Å². The number of carbonyl (C=O) groups excluding carboxylic acids is 2. The standard InChI is InChI=1S/C18H19FN6O2/c19-12-3-1-11(2-4-12)17-14(9-20)25-8-7-24(10-16(25)23-17)18(27)13(21)5-6-15(22)26/h1-4,13H,5-8,10,21H2,(H2,22,26)/t13-/m0/s1. The third-order valence-electron chi connectivity index (χ3n) is 4.53. The molecule has 0 saturated carbocycles. The number of imidazole rings is 1. The van der Waals surface area contributed by atoms with Gasteiger partial charge in [0.05, 0.1) is 12.6 Å². The van der Waals surface area contributed by atoms with Crippen LogP contribution in [0.2, 0.25) is 0 Å². The van der Waals surface area contributed by atoms with Gasteiger partial charge in [-0.25, -0.2) is 9.37 Å². The molecule has 0 spiro atoms. The number of hydrogen-bond donors (Lipinski definition) is 2. The first kappa shape index (κ1) is 18.5. The molecule has 2 amide bonds. The lowest BCUT2D eigenvalue weighted by Crippen LogP contribution is -2.47. The molecular formula is C18H19FN6O2. The summed E-state index contributed by atoms with van der Waals surface area (Å²) < 4.78 is 14.9. The van der Waals surface area contributed by atoms with Crippen LogP contribution in [-0.2, 0) is 22.7 Å². The number of halogens is 1. The highest BCUT2D eigenvalue weighted by Crippen LogP contribution is 2.26. The van der Waals surface area contributed by atoms with Crippen molar-refractivity contribution in [1.29, 1.82) is 5.26 Å². The molecule has 0 fully saturated rings. The van der Waals surface area contributed by atoms with Crippen LogP contribution >= 0.6 is 0 Å². The lowest BCUT2D eigenvalue weighted by molar-refractivity contribution is -0.134. The number of amides is 2. The lowest BCUT2D eigenvalue weighted by Gasteiger charge is -2.29. The van der Waals surface area contributed by atoms with Crippen LogP contribution in [0.1, 0.15) is 24.4 Å². The van der Waals surface area contributed by atoms with Crippen LogP contribution in [0.25, 0.3) is 11.3 Å². The predicted molar refractivity (Wildman–Crippen MR) is 94.2 cm³/mol. The molecule has 140 valence electrons. The predicted octanol–water partition coefficient (Wildman–Crippen LogP) is 0.496. The maximum Gasteiger partial charge on any atom is 0.239 e. The molecule has 8 nitrogen and oxygen atoms in total. The van der Waals surface area contributed by atoms with Gasteiger partial charge in [-0.2, -0.15) is 5.26 Å². The van der Waals surface area contributed by atoms with E-state index < -0.39 is 11.9 Å². The first-order chi connectivity index (χ1) is 12.9. The van der Waals surface area contributed by atoms with Crippen molar-refractivity contribution in [1.82, 2.24) is 14.5 Å². The van der Waals surface area contributed by atoms with Gasteiger partial charge in [-0.1, -0.05) is 0 Å². The SMILES string of the molecule is N#Cc1c(-c2ccc(F)cc2)nc2n1CCN(C(=O)[C@@H](N)CCC(N)=O)C2. The number of hydrogen-bond acceptors (Lipinski definition) is 5. The van der Waals surface area contributed by atoms with Gasteiger partial charge in [-0.3, -0.25) is 9.59 Å². The quantitative estimate of drug-likeness (QED) is 0.791. The Morgan fingerprint density at radius 3 is 2.63 bits per heavy atom. The Hall–Kier alpha value is -3.25. The van der Waals surface area contributed by atoms with Gasteiger partial charge in [0.1, 0.15) is 29.1 Å². The van der Waals surface area contributed by atoms with Crippen LogP contribution < -0.4 is 11.5 Å². The van der Waals surface area contributed by atoms with Crippen LogP contribution in [0.5, 0.6) is 0 Å². The molecule has 1 aliphatic rings. The first-order valence-electron chi connectivity index (χ1n) is 8.48.